The summed E-state index contributed by atoms with van der Waals surface area (Å²) in [6.45, 7) is 2.18. The molecule has 4 aliphatic heterocycles. The number of ether oxygens (including phenoxy) is 8. The minimum atomic E-state index is -1.94. The maximum absolute atomic E-state index is 13.7. The largest absolute Gasteiger partial charge is 0.494 e. The van der Waals surface area contributed by atoms with Crippen LogP contribution >= 0.6 is 0 Å². The van der Waals surface area contributed by atoms with Crippen molar-refractivity contribution in [1.82, 2.24) is 21.3 Å². The molecule has 4 saturated heterocycles. The van der Waals surface area contributed by atoms with E-state index >= 15 is 0 Å². The van der Waals surface area contributed by atoms with Gasteiger partial charge in [-0.2, -0.15) is 0 Å². The number of nitrogens with one attached hydrogen (secondary N) is 4. The minimum absolute atomic E-state index is 0.0794. The van der Waals surface area contributed by atoms with E-state index in [-0.39, 0.29) is 5.56 Å². The molecule has 20 unspecified atom stereocenters. The molecule has 26 nitrogen and oxygen atoms in total. The van der Waals surface area contributed by atoms with E-state index < -0.39 is 173 Å². The second kappa shape index (κ2) is 28.0. The van der Waals surface area contributed by atoms with E-state index in [0.717, 1.165) is 52.9 Å². The number of rotatable bonds is 23. The normalized spacial score (nSPS) is 37.1. The van der Waals surface area contributed by atoms with Gasteiger partial charge in [0.25, 0.3) is 5.91 Å². The van der Waals surface area contributed by atoms with Gasteiger partial charge in [-0.1, -0.05) is 38.0 Å². The summed E-state index contributed by atoms with van der Waals surface area (Å²) in [5, 5.41) is 119. The first kappa shape index (κ1) is 58.8. The number of carbonyl (C=O) groups excluding carboxylic acids is 4. The summed E-state index contributed by atoms with van der Waals surface area (Å²) >= 11 is 0. The van der Waals surface area contributed by atoms with E-state index in [1.807, 2.05) is 0 Å². The lowest BCUT2D eigenvalue weighted by Gasteiger charge is -2.51. The molecule has 1 aromatic rings. The van der Waals surface area contributed by atoms with Gasteiger partial charge in [-0.15, -0.1) is 0 Å². The Bertz CT molecular complexity index is 1920. The molecule has 0 aliphatic carbocycles. The van der Waals surface area contributed by atoms with E-state index in [2.05, 4.69) is 40.3 Å². The molecule has 4 fully saturated rings. The molecule has 0 spiro atoms. The third-order valence-corrected chi connectivity index (χ3v) is 12.5. The number of benzene rings is 1. The smallest absolute Gasteiger partial charge is 0.251 e. The van der Waals surface area contributed by atoms with Crippen LogP contribution in [0, 0.1) is 0 Å². The molecule has 4 amide bonds. The van der Waals surface area contributed by atoms with Crippen LogP contribution in [0.3, 0.4) is 0 Å². The number of unbranched alkanes of at least 4 members (excludes halogenated alkanes) is 3. The van der Waals surface area contributed by atoms with Crippen LogP contribution in [-0.4, -0.2) is 230 Å². The number of hydrogen-bond acceptors (Lipinski definition) is 22. The number of aliphatic hydroxyl groups excluding tert-OH is 10. The van der Waals surface area contributed by atoms with Crippen LogP contribution in [0.4, 0.5) is 0 Å². The predicted molar refractivity (Wildman–Crippen MR) is 244 cm³/mol. The van der Waals surface area contributed by atoms with Crippen molar-refractivity contribution < 1.29 is 108 Å². The first-order chi connectivity index (χ1) is 34.4. The molecule has 1 aromatic carbocycles. The average Bonchev–Trinajstić information content (AvgIpc) is 3.34. The molecule has 0 radical (unpaired) electrons. The third-order valence-electron chi connectivity index (χ3n) is 12.5. The second-order valence-corrected chi connectivity index (χ2v) is 18.0. The Morgan fingerprint density at radius 3 is 1.46 bits per heavy atom. The summed E-state index contributed by atoms with van der Waals surface area (Å²) in [5.41, 5.74) is 0.0794. The second-order valence-electron chi connectivity index (χ2n) is 18.0. The topological polar surface area (TPSA) is 393 Å². The molecule has 4 aliphatic rings. The fourth-order valence-electron chi connectivity index (χ4n) is 8.85. The zero-order valence-electron chi connectivity index (χ0n) is 40.5. The first-order valence-corrected chi connectivity index (χ1v) is 24.0. The van der Waals surface area contributed by atoms with Crippen molar-refractivity contribution in [3.63, 3.8) is 0 Å². The standard InChI is InChI=1S/C46H72N4O22/c1-5-6-7-8-9-10-11-15-65-25-14-12-13-24(16-25)42(63)50-31-35(59)34(58)26(17-51)67-44(31)71-40-28(19-53)69-46(33(37(40)61)49-23(4)57)72-41-29(20-54)68-45(32(38(41)62)48-22(3)56)70-39-27(18-52)66-43(64)30(36(39)60)47-21(2)55/h8-9,12-14,16,26-41,43-46,51-54,58-62,64H,5-7,10-11,15,17-20H2,1-4H3,(H,47,55)(H,48,56)(H,49,57)(H,50,63)/b9-8-. The molecule has 14 N–H and O–H groups in total. The highest BCUT2D eigenvalue weighted by Crippen LogP contribution is 2.35. The van der Waals surface area contributed by atoms with Crippen molar-refractivity contribution >= 4 is 23.6 Å². The van der Waals surface area contributed by atoms with Crippen LogP contribution in [0.2, 0.25) is 0 Å². The van der Waals surface area contributed by atoms with Crippen LogP contribution in [0.25, 0.3) is 0 Å². The molecule has 0 aromatic heterocycles. The van der Waals surface area contributed by atoms with Crippen molar-refractivity contribution in [2.45, 2.75) is 182 Å². The van der Waals surface area contributed by atoms with E-state index in [4.69, 9.17) is 37.9 Å². The Morgan fingerprint density at radius 1 is 0.556 bits per heavy atom. The van der Waals surface area contributed by atoms with E-state index in [9.17, 15) is 70.2 Å². The number of allylic oxidation sites excluding steroid dienone is 2. The van der Waals surface area contributed by atoms with Crippen molar-refractivity contribution in [2.75, 3.05) is 33.0 Å². The number of amides is 4. The summed E-state index contributed by atoms with van der Waals surface area (Å²) in [5.74, 6) is -2.59. The Hall–Kier alpha value is -4.04. The van der Waals surface area contributed by atoms with Crippen LogP contribution in [0.15, 0.2) is 36.4 Å². The maximum atomic E-state index is 13.7. The van der Waals surface area contributed by atoms with Crippen molar-refractivity contribution in [1.29, 1.82) is 0 Å². The monoisotopic (exact) mass is 1030 g/mol. The SMILES string of the molecule is CCCC/C=C\CCCOc1cccc(C(=O)NC2C(OC3C(CO)OC(OC4C(CO)OC(OC5C(CO)OC(O)C(NC(C)=O)C5O)C(NC(C)=O)C4O)C(NC(C)=O)C3O)OC(CO)C(O)C2O)c1. The van der Waals surface area contributed by atoms with Crippen molar-refractivity contribution in [3.05, 3.63) is 42.0 Å². The van der Waals surface area contributed by atoms with Gasteiger partial charge < -0.3 is 110 Å². The van der Waals surface area contributed by atoms with Crippen LogP contribution in [0.5, 0.6) is 5.75 Å². The van der Waals surface area contributed by atoms with Crippen LogP contribution < -0.4 is 26.0 Å². The van der Waals surface area contributed by atoms with Gasteiger partial charge >= 0.3 is 0 Å². The Kier molecular flexibility index (Phi) is 22.9. The number of hydrogen-bond donors (Lipinski definition) is 14. The van der Waals surface area contributed by atoms with Gasteiger partial charge in [0.1, 0.15) is 103 Å². The summed E-state index contributed by atoms with van der Waals surface area (Å²) < 4.78 is 47.3. The molecule has 20 atom stereocenters. The lowest BCUT2D eigenvalue weighted by molar-refractivity contribution is -0.361. The molecule has 26 heteroatoms. The molecular weight excluding hydrogens is 961 g/mol. The highest BCUT2D eigenvalue weighted by molar-refractivity contribution is 5.94. The van der Waals surface area contributed by atoms with E-state index in [1.165, 1.54) is 12.1 Å². The van der Waals surface area contributed by atoms with Gasteiger partial charge in [-0.25, -0.2) is 0 Å². The number of carbonyl (C=O) groups is 4. The predicted octanol–water partition coefficient (Wildman–Crippen LogP) is -4.97. The summed E-state index contributed by atoms with van der Waals surface area (Å²) in [7, 11) is 0. The third kappa shape index (κ3) is 15.1. The molecule has 0 saturated carbocycles. The van der Waals surface area contributed by atoms with Gasteiger partial charge in [-0.3, -0.25) is 19.2 Å². The quantitative estimate of drug-likeness (QED) is 0.0361. The highest BCUT2D eigenvalue weighted by Gasteiger charge is 2.56. The molecule has 408 valence electrons. The first-order valence-electron chi connectivity index (χ1n) is 24.0. The van der Waals surface area contributed by atoms with E-state index in [0.29, 0.717) is 12.4 Å². The molecule has 5 rings (SSSR count). The summed E-state index contributed by atoms with van der Waals surface area (Å²) in [6, 6.07) is -0.213. The lowest BCUT2D eigenvalue weighted by Crippen LogP contribution is -2.71. The Balaban J connectivity index is 1.35. The fraction of sp³-hybridized carbons (Fsp3) is 0.739. The molecule has 72 heavy (non-hydrogen) atoms. The summed E-state index contributed by atoms with van der Waals surface area (Å²) in [4.78, 5) is 50.8. The van der Waals surface area contributed by atoms with Gasteiger partial charge in [0, 0.05) is 26.3 Å². The molecule has 4 heterocycles. The van der Waals surface area contributed by atoms with E-state index in [1.54, 1.807) is 12.1 Å². The maximum Gasteiger partial charge on any atom is 0.251 e. The van der Waals surface area contributed by atoms with Gasteiger partial charge in [0.2, 0.25) is 17.7 Å². The van der Waals surface area contributed by atoms with Crippen LogP contribution in [-0.2, 0) is 47.5 Å². The Morgan fingerprint density at radius 2 is 0.986 bits per heavy atom. The van der Waals surface area contributed by atoms with Gasteiger partial charge in [0.15, 0.2) is 25.2 Å². The van der Waals surface area contributed by atoms with Gasteiger partial charge in [0.05, 0.1) is 33.0 Å². The van der Waals surface area contributed by atoms with Crippen LogP contribution in [0.1, 0.15) is 70.2 Å². The van der Waals surface area contributed by atoms with Crippen molar-refractivity contribution in [3.8, 4) is 5.75 Å². The zero-order chi connectivity index (χ0) is 52.8. The highest BCUT2D eigenvalue weighted by atomic mass is 16.8. The summed E-state index contributed by atoms with van der Waals surface area (Å²) in [6.07, 6.45) is -18.7. The average molecular weight is 1030 g/mol. The minimum Gasteiger partial charge on any atom is -0.494 e. The fourth-order valence-corrected chi connectivity index (χ4v) is 8.85. The number of aliphatic hydroxyl groups is 10. The van der Waals surface area contributed by atoms with Gasteiger partial charge in [-0.05, 0) is 37.5 Å². The molecular formula is C46H72N4O22. The lowest BCUT2D eigenvalue weighted by atomic mass is 9.93. The van der Waals surface area contributed by atoms with Crippen molar-refractivity contribution in [2.24, 2.45) is 0 Å². The zero-order valence-corrected chi connectivity index (χ0v) is 40.5. The molecule has 0 bridgehead atoms. The Labute approximate surface area is 415 Å².